The molecule has 0 radical (unpaired) electrons. The van der Waals surface area contributed by atoms with Crippen LogP contribution in [0.15, 0.2) is 5.11 Å². The van der Waals surface area contributed by atoms with Crippen molar-refractivity contribution in [1.82, 2.24) is 0 Å². The fraction of sp³-hybridized carbons (Fsp3) is 0.727. The van der Waals surface area contributed by atoms with Crippen molar-refractivity contribution in [3.05, 3.63) is 5.21 Å². The van der Waals surface area contributed by atoms with Gasteiger partial charge in [-0.3, -0.25) is 0 Å². The lowest BCUT2D eigenvalue weighted by Gasteiger charge is -2.32. The Labute approximate surface area is 100 Å². The molecule has 3 unspecified atom stereocenters. The second kappa shape index (κ2) is 6.85. The number of terminal acetylenes is 1. The number of hydroxylamine groups is 1. The Kier molecular flexibility index (Phi) is 5.41. The van der Waals surface area contributed by atoms with Crippen molar-refractivity contribution >= 4 is 0 Å². The van der Waals surface area contributed by atoms with Gasteiger partial charge in [0.15, 0.2) is 6.04 Å². The summed E-state index contributed by atoms with van der Waals surface area (Å²) in [5.41, 5.74) is 0. The van der Waals surface area contributed by atoms with Gasteiger partial charge in [0.05, 0.1) is 17.3 Å². The summed E-state index contributed by atoms with van der Waals surface area (Å²) in [5, 5.41) is 22.9. The van der Waals surface area contributed by atoms with E-state index in [1.54, 1.807) is 7.11 Å². The number of ether oxygens (including phenoxy) is 2. The van der Waals surface area contributed by atoms with Crippen LogP contribution < -0.4 is 0 Å². The van der Waals surface area contributed by atoms with Crippen LogP contribution in [0, 0.1) is 29.0 Å². The van der Waals surface area contributed by atoms with Crippen LogP contribution in [0.5, 0.6) is 0 Å². The first-order valence-electron chi connectivity index (χ1n) is 5.36. The molecule has 0 saturated heterocycles. The zero-order valence-electron chi connectivity index (χ0n) is 9.70. The van der Waals surface area contributed by atoms with Gasteiger partial charge in [-0.15, -0.1) is 6.42 Å². The molecule has 0 aliphatic heterocycles. The van der Waals surface area contributed by atoms with Crippen LogP contribution in [0.4, 0.5) is 0 Å². The van der Waals surface area contributed by atoms with Gasteiger partial charge in [-0.2, -0.15) is 5.26 Å². The molecule has 3 atom stereocenters. The van der Waals surface area contributed by atoms with Crippen molar-refractivity contribution in [3.63, 3.8) is 0 Å². The van der Waals surface area contributed by atoms with Crippen LogP contribution in [-0.2, 0) is 9.47 Å². The van der Waals surface area contributed by atoms with Crippen molar-refractivity contribution in [2.45, 2.75) is 37.5 Å². The zero-order valence-corrected chi connectivity index (χ0v) is 9.70. The van der Waals surface area contributed by atoms with Gasteiger partial charge in [-0.25, -0.2) is 0 Å². The van der Waals surface area contributed by atoms with Crippen molar-refractivity contribution in [2.75, 3.05) is 13.7 Å². The highest BCUT2D eigenvalue weighted by molar-refractivity contribution is 4.87. The number of nitrogens with zero attached hydrogens (tertiary/aromatic N) is 3. The minimum absolute atomic E-state index is 0.0946. The maximum atomic E-state index is 11.4. The lowest BCUT2D eigenvalue weighted by molar-refractivity contribution is -0.570. The van der Waals surface area contributed by atoms with E-state index in [-0.39, 0.29) is 24.9 Å². The van der Waals surface area contributed by atoms with Crippen LogP contribution in [0.2, 0.25) is 0 Å². The van der Waals surface area contributed by atoms with Gasteiger partial charge in [-0.1, -0.05) is 10.8 Å². The van der Waals surface area contributed by atoms with E-state index in [2.05, 4.69) is 11.0 Å². The molecule has 0 aromatic carbocycles. The van der Waals surface area contributed by atoms with Gasteiger partial charge < -0.3 is 14.7 Å². The van der Waals surface area contributed by atoms with Gasteiger partial charge in [0.2, 0.25) is 0 Å². The Bertz CT molecular complexity index is 356. The van der Waals surface area contributed by atoms with Crippen LogP contribution in [0.1, 0.15) is 19.3 Å². The van der Waals surface area contributed by atoms with Gasteiger partial charge >= 0.3 is 0 Å². The van der Waals surface area contributed by atoms with E-state index in [0.29, 0.717) is 24.1 Å². The first-order chi connectivity index (χ1) is 8.22. The van der Waals surface area contributed by atoms with E-state index < -0.39 is 0 Å². The smallest absolute Gasteiger partial charge is 0.273 e. The number of hydrogen-bond acceptors (Lipinski definition) is 5. The van der Waals surface area contributed by atoms with Crippen molar-refractivity contribution < 1.29 is 14.3 Å². The third-order valence-corrected chi connectivity index (χ3v) is 2.84. The molecular weight excluding hydrogens is 222 g/mol. The highest BCUT2D eigenvalue weighted by atomic mass is 16.5. The predicted octanol–water partition coefficient (Wildman–Crippen LogP) is 1.02. The molecule has 1 aliphatic rings. The monoisotopic (exact) mass is 237 g/mol. The Balaban J connectivity index is 2.58. The minimum Gasteiger partial charge on any atom is -0.599 e. The van der Waals surface area contributed by atoms with Gasteiger partial charge in [0.25, 0.3) is 6.19 Å². The molecule has 92 valence electrons. The number of nitriles is 1. The summed E-state index contributed by atoms with van der Waals surface area (Å²) in [4.78, 5) is 0.448. The van der Waals surface area contributed by atoms with Crippen molar-refractivity contribution in [3.8, 4) is 18.5 Å². The third-order valence-electron chi connectivity index (χ3n) is 2.84. The molecule has 0 amide bonds. The first kappa shape index (κ1) is 13.4. The predicted molar refractivity (Wildman–Crippen MR) is 58.7 cm³/mol. The summed E-state index contributed by atoms with van der Waals surface area (Å²) in [6, 6.07) is -0.328. The quantitative estimate of drug-likeness (QED) is 0.240. The molecule has 0 N–H and O–H groups in total. The van der Waals surface area contributed by atoms with Gasteiger partial charge in [0, 0.05) is 20.0 Å². The zero-order chi connectivity index (χ0) is 12.7. The van der Waals surface area contributed by atoms with Crippen LogP contribution in [0.25, 0.3) is 0 Å². The molecule has 0 heterocycles. The van der Waals surface area contributed by atoms with Crippen LogP contribution in [-0.4, -0.2) is 36.8 Å². The average molecular weight is 237 g/mol. The van der Waals surface area contributed by atoms with E-state index in [4.69, 9.17) is 21.2 Å². The Morgan fingerprint density at radius 3 is 2.88 bits per heavy atom. The average Bonchev–Trinajstić information content (AvgIpc) is 2.36. The summed E-state index contributed by atoms with van der Waals surface area (Å²) in [7, 11) is 1.57. The van der Waals surface area contributed by atoms with Crippen LogP contribution >= 0.6 is 0 Å². The Morgan fingerprint density at radius 1 is 1.53 bits per heavy atom. The normalized spacial score (nSPS) is 29.4. The highest BCUT2D eigenvalue weighted by Crippen LogP contribution is 2.25. The summed E-state index contributed by atoms with van der Waals surface area (Å²) in [6.45, 7) is 0.235. The standard InChI is InChI=1S/C11H15N3O3/c1-3-6-17-10-5-4-9(7-11(10)16-2)14(15)13-8-12/h1,9-11H,4-7H2,2H3. The Morgan fingerprint density at radius 2 is 2.29 bits per heavy atom. The third kappa shape index (κ3) is 3.70. The van der Waals surface area contributed by atoms with Gasteiger partial charge in [0.1, 0.15) is 6.61 Å². The lowest BCUT2D eigenvalue weighted by Crippen LogP contribution is -2.42. The second-order valence-corrected chi connectivity index (χ2v) is 3.80. The molecule has 0 bridgehead atoms. The topological polar surface area (TPSA) is 80.7 Å². The summed E-state index contributed by atoms with van der Waals surface area (Å²) < 4.78 is 10.7. The molecule has 0 spiro atoms. The van der Waals surface area contributed by atoms with Crippen molar-refractivity contribution in [2.24, 2.45) is 5.11 Å². The molecule has 1 fully saturated rings. The molecule has 1 aliphatic carbocycles. The molecule has 0 aromatic heterocycles. The lowest BCUT2D eigenvalue weighted by atomic mass is 9.90. The molecule has 1 saturated carbocycles. The molecule has 0 aromatic rings. The summed E-state index contributed by atoms with van der Waals surface area (Å²) in [6.07, 6.45) is 8.10. The Hall–Kier alpha value is -1.63. The SMILES string of the molecule is C#CCOC1CCC([N+]([O-])=NC#N)CC1OC. The number of azo groups is 1. The molecule has 17 heavy (non-hydrogen) atoms. The maximum absolute atomic E-state index is 11.4. The fourth-order valence-corrected chi connectivity index (χ4v) is 2.00. The van der Waals surface area contributed by atoms with E-state index >= 15 is 0 Å². The van der Waals surface area contributed by atoms with E-state index in [9.17, 15) is 5.21 Å². The second-order valence-electron chi connectivity index (χ2n) is 3.80. The van der Waals surface area contributed by atoms with E-state index in [1.807, 2.05) is 0 Å². The van der Waals surface area contributed by atoms with Gasteiger partial charge in [-0.05, 0) is 6.42 Å². The fourth-order valence-electron chi connectivity index (χ4n) is 2.00. The largest absolute Gasteiger partial charge is 0.599 e. The molecular formula is C11H15N3O3. The number of rotatable bonds is 4. The molecule has 6 nitrogen and oxygen atoms in total. The summed E-state index contributed by atoms with van der Waals surface area (Å²) >= 11 is 0. The van der Waals surface area contributed by atoms with E-state index in [0.717, 1.165) is 0 Å². The number of methoxy groups -OCH3 is 1. The minimum atomic E-state index is -0.328. The van der Waals surface area contributed by atoms with Crippen molar-refractivity contribution in [1.29, 1.82) is 5.26 Å². The molecule has 1 rings (SSSR count). The van der Waals surface area contributed by atoms with Crippen LogP contribution in [0.3, 0.4) is 0 Å². The highest BCUT2D eigenvalue weighted by Gasteiger charge is 2.36. The maximum Gasteiger partial charge on any atom is 0.273 e. The number of hydrogen-bond donors (Lipinski definition) is 0. The summed E-state index contributed by atoms with van der Waals surface area (Å²) in [5.74, 6) is 2.40. The van der Waals surface area contributed by atoms with E-state index in [1.165, 1.54) is 6.19 Å². The first-order valence-corrected chi connectivity index (χ1v) is 5.36. The molecule has 6 heteroatoms.